The Kier molecular flexibility index (Phi) is 4.96. The monoisotopic (exact) mass is 332 g/mol. The molecule has 0 aromatic heterocycles. The molecule has 0 saturated carbocycles. The maximum atomic E-state index is 12.8. The molecule has 0 radical (unpaired) electrons. The number of ketones is 1. The summed E-state index contributed by atoms with van der Waals surface area (Å²) in [5, 5.41) is 0. The Morgan fingerprint density at radius 3 is 2.50 bits per heavy atom. The van der Waals surface area contributed by atoms with Crippen LogP contribution in [-0.2, 0) is 0 Å². The average Bonchev–Trinajstić information content (AvgIpc) is 2.49. The molecule has 1 unspecified atom stereocenters. The van der Waals surface area contributed by atoms with Gasteiger partial charge < -0.3 is 4.74 Å². The molecule has 2 aromatic carbocycles. The van der Waals surface area contributed by atoms with Crippen LogP contribution in [0.5, 0.6) is 5.75 Å². The van der Waals surface area contributed by atoms with Gasteiger partial charge >= 0.3 is 0 Å². The molecule has 0 fully saturated rings. The largest absolute Gasteiger partial charge is 0.496 e. The van der Waals surface area contributed by atoms with E-state index in [1.165, 1.54) is 0 Å². The first-order valence-electron chi connectivity index (χ1n) is 6.60. The quantitative estimate of drug-likeness (QED) is 0.732. The number of benzene rings is 2. The van der Waals surface area contributed by atoms with Crippen LogP contribution < -0.4 is 4.74 Å². The van der Waals surface area contributed by atoms with Crippen LogP contribution in [0.25, 0.3) is 0 Å². The van der Waals surface area contributed by atoms with Crippen molar-refractivity contribution < 1.29 is 9.53 Å². The molecular weight excluding hydrogens is 316 g/mol. The highest BCUT2D eigenvalue weighted by Gasteiger charge is 2.23. The van der Waals surface area contributed by atoms with Crippen LogP contribution in [0.2, 0.25) is 0 Å². The van der Waals surface area contributed by atoms with Gasteiger partial charge in [0.05, 0.1) is 12.7 Å². The van der Waals surface area contributed by atoms with E-state index < -0.39 is 0 Å². The predicted molar refractivity (Wildman–Crippen MR) is 84.5 cm³/mol. The number of carbonyl (C=O) groups excluding carboxylic acids is 1. The van der Waals surface area contributed by atoms with E-state index in [1.807, 2.05) is 55.5 Å². The van der Waals surface area contributed by atoms with Crippen molar-refractivity contribution in [2.45, 2.75) is 19.3 Å². The second-order valence-corrected chi connectivity index (χ2v) is 5.50. The fourth-order valence-electron chi connectivity index (χ4n) is 2.32. The van der Waals surface area contributed by atoms with E-state index in [0.29, 0.717) is 11.3 Å². The Bertz CT molecular complexity index is 593. The number of halogens is 1. The van der Waals surface area contributed by atoms with E-state index >= 15 is 0 Å². The molecule has 0 aliphatic rings. The Balaban J connectivity index is 2.41. The Hall–Kier alpha value is -1.61. The third kappa shape index (κ3) is 3.10. The molecular formula is C17H17BrO2. The van der Waals surface area contributed by atoms with E-state index in [2.05, 4.69) is 15.9 Å². The van der Waals surface area contributed by atoms with Gasteiger partial charge in [-0.1, -0.05) is 53.2 Å². The van der Waals surface area contributed by atoms with Crippen LogP contribution in [0, 0.1) is 0 Å². The molecule has 3 heteroatoms. The number of ether oxygens (including phenoxy) is 1. The van der Waals surface area contributed by atoms with Crippen molar-refractivity contribution >= 4 is 21.7 Å². The third-order valence-electron chi connectivity index (χ3n) is 3.35. The van der Waals surface area contributed by atoms with Gasteiger partial charge in [-0.15, -0.1) is 0 Å². The Morgan fingerprint density at radius 2 is 1.90 bits per heavy atom. The standard InChI is InChI=1S/C17H17BrO2/c1-3-14(12-7-5-4-6-8-12)17(19)15-11-13(18)9-10-16(15)20-2/h4-11,14H,3H2,1-2H3. The topological polar surface area (TPSA) is 26.3 Å². The number of Topliss-reactive ketones (excluding diaryl/α,β-unsaturated/α-hetero) is 1. The van der Waals surface area contributed by atoms with Crippen molar-refractivity contribution in [1.29, 1.82) is 0 Å². The molecule has 2 nitrogen and oxygen atoms in total. The molecule has 0 N–H and O–H groups in total. The van der Waals surface area contributed by atoms with Gasteiger partial charge in [0.2, 0.25) is 0 Å². The lowest BCUT2D eigenvalue weighted by molar-refractivity contribution is 0.0954. The maximum Gasteiger partial charge on any atom is 0.174 e. The van der Waals surface area contributed by atoms with Crippen LogP contribution >= 0.6 is 15.9 Å². The van der Waals surface area contributed by atoms with E-state index in [9.17, 15) is 4.79 Å². The molecule has 104 valence electrons. The summed E-state index contributed by atoms with van der Waals surface area (Å²) < 4.78 is 6.19. The summed E-state index contributed by atoms with van der Waals surface area (Å²) in [4.78, 5) is 12.8. The molecule has 0 aliphatic heterocycles. The van der Waals surface area contributed by atoms with Crippen LogP contribution in [0.15, 0.2) is 53.0 Å². The summed E-state index contributed by atoms with van der Waals surface area (Å²) >= 11 is 3.41. The highest BCUT2D eigenvalue weighted by atomic mass is 79.9. The number of methoxy groups -OCH3 is 1. The summed E-state index contributed by atoms with van der Waals surface area (Å²) in [7, 11) is 1.59. The smallest absolute Gasteiger partial charge is 0.174 e. The highest BCUT2D eigenvalue weighted by Crippen LogP contribution is 2.30. The fourth-order valence-corrected chi connectivity index (χ4v) is 2.68. The highest BCUT2D eigenvalue weighted by molar-refractivity contribution is 9.10. The number of hydrogen-bond donors (Lipinski definition) is 0. The van der Waals surface area contributed by atoms with Gasteiger partial charge in [-0.2, -0.15) is 0 Å². The van der Waals surface area contributed by atoms with Gasteiger partial charge in [-0.25, -0.2) is 0 Å². The lowest BCUT2D eigenvalue weighted by Gasteiger charge is -2.16. The second-order valence-electron chi connectivity index (χ2n) is 4.58. The summed E-state index contributed by atoms with van der Waals surface area (Å²) in [5.74, 6) is 0.573. The second kappa shape index (κ2) is 6.71. The van der Waals surface area contributed by atoms with E-state index in [0.717, 1.165) is 16.5 Å². The summed E-state index contributed by atoms with van der Waals surface area (Å²) in [6, 6.07) is 15.4. The minimum absolute atomic E-state index is 0.0943. The minimum Gasteiger partial charge on any atom is -0.496 e. The number of rotatable bonds is 5. The van der Waals surface area contributed by atoms with E-state index in [-0.39, 0.29) is 11.7 Å². The van der Waals surface area contributed by atoms with Crippen LogP contribution in [-0.4, -0.2) is 12.9 Å². The molecule has 0 aliphatic carbocycles. The fraction of sp³-hybridized carbons (Fsp3) is 0.235. The van der Waals surface area contributed by atoms with Gasteiger partial charge in [0.1, 0.15) is 5.75 Å². The van der Waals surface area contributed by atoms with Crippen molar-refractivity contribution in [2.24, 2.45) is 0 Å². The molecule has 0 saturated heterocycles. The molecule has 0 amide bonds. The zero-order chi connectivity index (χ0) is 14.5. The normalized spacial score (nSPS) is 11.9. The van der Waals surface area contributed by atoms with E-state index in [4.69, 9.17) is 4.74 Å². The zero-order valence-electron chi connectivity index (χ0n) is 11.6. The average molecular weight is 333 g/mol. The van der Waals surface area contributed by atoms with E-state index in [1.54, 1.807) is 7.11 Å². The van der Waals surface area contributed by atoms with Gasteiger partial charge in [-0.3, -0.25) is 4.79 Å². The Labute approximate surface area is 127 Å². The zero-order valence-corrected chi connectivity index (χ0v) is 13.2. The molecule has 20 heavy (non-hydrogen) atoms. The van der Waals surface area contributed by atoms with Crippen LogP contribution in [0.3, 0.4) is 0 Å². The Morgan fingerprint density at radius 1 is 1.20 bits per heavy atom. The lowest BCUT2D eigenvalue weighted by atomic mass is 9.88. The minimum atomic E-state index is -0.139. The molecule has 2 rings (SSSR count). The van der Waals surface area contributed by atoms with Gasteiger partial charge in [0.15, 0.2) is 5.78 Å². The first-order valence-corrected chi connectivity index (χ1v) is 7.39. The predicted octanol–water partition coefficient (Wildman–Crippen LogP) is 4.83. The molecule has 0 bridgehead atoms. The van der Waals surface area contributed by atoms with Crippen molar-refractivity contribution in [3.05, 3.63) is 64.1 Å². The first kappa shape index (κ1) is 14.8. The lowest BCUT2D eigenvalue weighted by Crippen LogP contribution is -2.13. The first-order chi connectivity index (χ1) is 9.67. The van der Waals surface area contributed by atoms with Gasteiger partial charge in [0, 0.05) is 10.4 Å². The van der Waals surface area contributed by atoms with Crippen LogP contribution in [0.1, 0.15) is 35.2 Å². The number of hydrogen-bond acceptors (Lipinski definition) is 2. The summed E-state index contributed by atoms with van der Waals surface area (Å²) in [5.41, 5.74) is 1.67. The SMILES string of the molecule is CCC(C(=O)c1cc(Br)ccc1OC)c1ccccc1. The van der Waals surface area contributed by atoms with Crippen molar-refractivity contribution in [3.8, 4) is 5.75 Å². The van der Waals surface area contributed by atoms with Crippen molar-refractivity contribution in [2.75, 3.05) is 7.11 Å². The summed E-state index contributed by atoms with van der Waals surface area (Å²) in [6.45, 7) is 2.03. The summed E-state index contributed by atoms with van der Waals surface area (Å²) in [6.07, 6.45) is 0.762. The maximum absolute atomic E-state index is 12.8. The van der Waals surface area contributed by atoms with Gasteiger partial charge in [-0.05, 0) is 30.2 Å². The molecule has 0 spiro atoms. The van der Waals surface area contributed by atoms with Crippen molar-refractivity contribution in [3.63, 3.8) is 0 Å². The third-order valence-corrected chi connectivity index (χ3v) is 3.85. The molecule has 1 atom stereocenters. The van der Waals surface area contributed by atoms with Crippen LogP contribution in [0.4, 0.5) is 0 Å². The van der Waals surface area contributed by atoms with Crippen molar-refractivity contribution in [1.82, 2.24) is 0 Å². The molecule has 0 heterocycles. The number of carbonyl (C=O) groups is 1. The molecule has 2 aromatic rings. The van der Waals surface area contributed by atoms with Gasteiger partial charge in [0.25, 0.3) is 0 Å².